The molecule has 0 aromatic heterocycles. The summed E-state index contributed by atoms with van der Waals surface area (Å²) in [5.41, 5.74) is 0. The zero-order valence-corrected chi connectivity index (χ0v) is 10.7. The first kappa shape index (κ1) is 13.5. The minimum Gasteiger partial charge on any atom is -0.379 e. The molecule has 1 atom stereocenters. The summed E-state index contributed by atoms with van der Waals surface area (Å²) in [5, 5.41) is 3.06. The predicted octanol–water partition coefficient (Wildman–Crippen LogP) is 0.869. The van der Waals surface area contributed by atoms with E-state index in [1.807, 2.05) is 11.9 Å². The van der Waals surface area contributed by atoms with Crippen LogP contribution >= 0.6 is 0 Å². The quantitative estimate of drug-likeness (QED) is 0.686. The summed E-state index contributed by atoms with van der Waals surface area (Å²) in [4.78, 5) is 13.8. The molecule has 16 heavy (non-hydrogen) atoms. The van der Waals surface area contributed by atoms with Crippen LogP contribution in [0.4, 0.5) is 0 Å². The van der Waals surface area contributed by atoms with Crippen LogP contribution in [-0.2, 0) is 9.53 Å². The summed E-state index contributed by atoms with van der Waals surface area (Å²) in [7, 11) is 1.85. The topological polar surface area (TPSA) is 41.6 Å². The van der Waals surface area contributed by atoms with Gasteiger partial charge in [0, 0.05) is 19.7 Å². The molecule has 1 fully saturated rings. The molecule has 1 N–H and O–H groups in total. The Morgan fingerprint density at radius 2 is 2.31 bits per heavy atom. The van der Waals surface area contributed by atoms with Gasteiger partial charge >= 0.3 is 0 Å². The number of piperidine rings is 1. The molecule has 94 valence electrons. The second-order valence-corrected chi connectivity index (χ2v) is 4.78. The maximum absolute atomic E-state index is 11.9. The number of nitrogens with one attached hydrogen (secondary N) is 1. The molecule has 1 rings (SSSR count). The lowest BCUT2D eigenvalue weighted by molar-refractivity contribution is -0.136. The lowest BCUT2D eigenvalue weighted by Gasteiger charge is -2.32. The van der Waals surface area contributed by atoms with E-state index in [0.29, 0.717) is 12.5 Å². The molecule has 1 amide bonds. The van der Waals surface area contributed by atoms with Crippen molar-refractivity contribution in [1.82, 2.24) is 10.2 Å². The van der Waals surface area contributed by atoms with E-state index in [1.165, 1.54) is 0 Å². The van der Waals surface area contributed by atoms with E-state index in [0.717, 1.165) is 32.5 Å². The fraction of sp³-hybridized carbons (Fsp3) is 0.917. The van der Waals surface area contributed by atoms with Gasteiger partial charge in [-0.2, -0.15) is 0 Å². The van der Waals surface area contributed by atoms with Crippen LogP contribution in [0.5, 0.6) is 0 Å². The van der Waals surface area contributed by atoms with Crippen LogP contribution in [0, 0.1) is 5.92 Å². The van der Waals surface area contributed by atoms with Gasteiger partial charge in [-0.15, -0.1) is 0 Å². The van der Waals surface area contributed by atoms with Gasteiger partial charge in [0.25, 0.3) is 0 Å². The van der Waals surface area contributed by atoms with Gasteiger partial charge in [-0.3, -0.25) is 4.79 Å². The first-order valence-corrected chi connectivity index (χ1v) is 6.19. The zero-order chi connectivity index (χ0) is 12.0. The van der Waals surface area contributed by atoms with Gasteiger partial charge in [0.1, 0.15) is 0 Å². The normalized spacial score (nSPS) is 21.9. The molecule has 1 unspecified atom stereocenters. The van der Waals surface area contributed by atoms with Crippen LogP contribution in [0.2, 0.25) is 0 Å². The summed E-state index contributed by atoms with van der Waals surface area (Å²) < 4.78 is 5.50. The molecule has 4 nitrogen and oxygen atoms in total. The number of ether oxygens (including phenoxy) is 1. The van der Waals surface area contributed by atoms with Crippen LogP contribution in [0.25, 0.3) is 0 Å². The highest BCUT2D eigenvalue weighted by atomic mass is 16.5. The number of hydrogen-bond acceptors (Lipinski definition) is 3. The van der Waals surface area contributed by atoms with Gasteiger partial charge in [0.2, 0.25) is 5.91 Å². The van der Waals surface area contributed by atoms with Crippen molar-refractivity contribution in [2.75, 3.05) is 33.4 Å². The maximum Gasteiger partial charge on any atom is 0.239 e. The molecule has 1 aliphatic heterocycles. The monoisotopic (exact) mass is 228 g/mol. The molecular formula is C12H24N2O2. The van der Waals surface area contributed by atoms with Gasteiger partial charge in [-0.05, 0) is 25.8 Å². The Labute approximate surface area is 98.3 Å². The van der Waals surface area contributed by atoms with Crippen molar-refractivity contribution in [3.05, 3.63) is 0 Å². The van der Waals surface area contributed by atoms with Gasteiger partial charge < -0.3 is 15.0 Å². The summed E-state index contributed by atoms with van der Waals surface area (Å²) >= 11 is 0. The molecular weight excluding hydrogens is 204 g/mol. The van der Waals surface area contributed by atoms with Crippen LogP contribution in [0.3, 0.4) is 0 Å². The van der Waals surface area contributed by atoms with Crippen LogP contribution < -0.4 is 5.32 Å². The number of carbonyl (C=O) groups excluding carboxylic acids is 1. The lowest BCUT2D eigenvalue weighted by atomic mass is 10.1. The van der Waals surface area contributed by atoms with Gasteiger partial charge in [0.05, 0.1) is 12.6 Å². The number of amides is 1. The molecule has 0 aromatic rings. The third kappa shape index (κ3) is 4.10. The highest BCUT2D eigenvalue weighted by molar-refractivity contribution is 5.82. The van der Waals surface area contributed by atoms with Crippen LogP contribution in [0.15, 0.2) is 0 Å². The van der Waals surface area contributed by atoms with Gasteiger partial charge in [-0.25, -0.2) is 0 Å². The number of hydrogen-bond donors (Lipinski definition) is 1. The first-order chi connectivity index (χ1) is 7.65. The molecule has 1 saturated heterocycles. The van der Waals surface area contributed by atoms with Crippen molar-refractivity contribution in [2.45, 2.75) is 32.7 Å². The predicted molar refractivity (Wildman–Crippen MR) is 64.3 cm³/mol. The van der Waals surface area contributed by atoms with E-state index in [9.17, 15) is 4.79 Å². The number of likely N-dealkylation sites (tertiary alicyclic amines) is 1. The Kier molecular flexibility index (Phi) is 5.77. The second-order valence-electron chi connectivity index (χ2n) is 4.78. The molecule has 0 radical (unpaired) electrons. The van der Waals surface area contributed by atoms with Crippen molar-refractivity contribution in [1.29, 1.82) is 0 Å². The van der Waals surface area contributed by atoms with E-state index < -0.39 is 0 Å². The second kappa shape index (κ2) is 6.86. The van der Waals surface area contributed by atoms with E-state index in [2.05, 4.69) is 19.2 Å². The largest absolute Gasteiger partial charge is 0.379 e. The number of likely N-dealkylation sites (N-methyl/N-ethyl adjacent to an activating group) is 1. The van der Waals surface area contributed by atoms with Crippen molar-refractivity contribution in [3.63, 3.8) is 0 Å². The molecule has 1 heterocycles. The van der Waals surface area contributed by atoms with E-state index in [-0.39, 0.29) is 11.9 Å². The Morgan fingerprint density at radius 3 is 2.94 bits per heavy atom. The smallest absolute Gasteiger partial charge is 0.239 e. The summed E-state index contributed by atoms with van der Waals surface area (Å²) in [6, 6.07) is 0.0128. The maximum atomic E-state index is 11.9. The number of rotatable bonds is 6. The van der Waals surface area contributed by atoms with Crippen LogP contribution in [0.1, 0.15) is 26.7 Å². The molecule has 0 aliphatic carbocycles. The van der Waals surface area contributed by atoms with Crippen molar-refractivity contribution < 1.29 is 9.53 Å². The third-order valence-electron chi connectivity index (χ3n) is 2.84. The first-order valence-electron chi connectivity index (χ1n) is 6.19. The fourth-order valence-electron chi connectivity index (χ4n) is 1.92. The average molecular weight is 228 g/mol. The standard InChI is InChI=1S/C12H24N2O2/c1-10(2)9-16-8-7-14-6-4-5-11(13-3)12(14)15/h10-11,13H,4-9H2,1-3H3. The van der Waals surface area contributed by atoms with Crippen molar-refractivity contribution in [3.8, 4) is 0 Å². The Morgan fingerprint density at radius 1 is 1.56 bits per heavy atom. The SMILES string of the molecule is CNC1CCCN(CCOCC(C)C)C1=O. The Hall–Kier alpha value is -0.610. The number of nitrogens with zero attached hydrogens (tertiary/aromatic N) is 1. The van der Waals surface area contributed by atoms with Gasteiger partial charge in [0.15, 0.2) is 0 Å². The van der Waals surface area contributed by atoms with E-state index >= 15 is 0 Å². The fourth-order valence-corrected chi connectivity index (χ4v) is 1.92. The highest BCUT2D eigenvalue weighted by Crippen LogP contribution is 2.10. The summed E-state index contributed by atoms with van der Waals surface area (Å²) in [6.45, 7) is 7.29. The molecule has 0 saturated carbocycles. The van der Waals surface area contributed by atoms with Gasteiger partial charge in [-0.1, -0.05) is 13.8 Å². The molecule has 1 aliphatic rings. The summed E-state index contributed by atoms with van der Waals surface area (Å²) in [5.74, 6) is 0.781. The minimum absolute atomic E-state index is 0.0128. The van der Waals surface area contributed by atoms with Crippen LogP contribution in [-0.4, -0.2) is 50.2 Å². The molecule has 0 spiro atoms. The molecule has 0 aromatic carbocycles. The molecule has 0 bridgehead atoms. The van der Waals surface area contributed by atoms with Crippen molar-refractivity contribution in [2.24, 2.45) is 5.92 Å². The zero-order valence-electron chi connectivity index (χ0n) is 10.7. The highest BCUT2D eigenvalue weighted by Gasteiger charge is 2.26. The molecule has 4 heteroatoms. The lowest BCUT2D eigenvalue weighted by Crippen LogP contribution is -2.50. The summed E-state index contributed by atoms with van der Waals surface area (Å²) in [6.07, 6.45) is 2.04. The average Bonchev–Trinajstić information content (AvgIpc) is 2.26. The Bertz CT molecular complexity index is 219. The Balaban J connectivity index is 2.22. The van der Waals surface area contributed by atoms with E-state index in [4.69, 9.17) is 4.74 Å². The van der Waals surface area contributed by atoms with Crippen molar-refractivity contribution >= 4 is 5.91 Å². The van der Waals surface area contributed by atoms with E-state index in [1.54, 1.807) is 0 Å². The number of carbonyl (C=O) groups is 1. The minimum atomic E-state index is 0.0128. The third-order valence-corrected chi connectivity index (χ3v) is 2.84.